The highest BCUT2D eigenvalue weighted by atomic mass is 32.2. The minimum atomic E-state index is -4.47. The van der Waals surface area contributed by atoms with Crippen LogP contribution in [0.2, 0.25) is 0 Å². The maximum Gasteiger partial charge on any atom is 0.413 e. The number of amides is 2. The van der Waals surface area contributed by atoms with Gasteiger partial charge in [0.2, 0.25) is 11.9 Å². The van der Waals surface area contributed by atoms with Crippen molar-refractivity contribution >= 4 is 39.5 Å². The topological polar surface area (TPSA) is 168 Å². The molecule has 0 saturated heterocycles. The van der Waals surface area contributed by atoms with E-state index in [0.29, 0.717) is 12.4 Å². The average molecular weight is 509 g/mol. The zero-order chi connectivity index (χ0) is 26.0. The van der Waals surface area contributed by atoms with Gasteiger partial charge in [-0.05, 0) is 36.2 Å². The molecule has 0 radical (unpaired) electrons. The standard InChI is InChI=1S/C22H28N4O8S/c1-14(2)12-33-16-6-5-7-17(11-16)34-35(29,30)19-10-15(24-21(23)26-22(28)32-4)8-9-18(19)25-20(27)13-31-3/h5-11,14H,12-13H2,1-4H3,(H,25,27)(H3,23,24,26,28). The van der Waals surface area contributed by atoms with Gasteiger partial charge in [-0.2, -0.15) is 8.42 Å². The van der Waals surface area contributed by atoms with E-state index in [1.165, 1.54) is 31.4 Å². The van der Waals surface area contributed by atoms with Crippen LogP contribution in [0.4, 0.5) is 16.2 Å². The number of nitrogens with two attached hydrogens (primary N) is 1. The number of methoxy groups -OCH3 is 2. The summed E-state index contributed by atoms with van der Waals surface area (Å²) in [5.74, 6) is -0.226. The lowest BCUT2D eigenvalue weighted by Gasteiger charge is -2.14. The molecule has 13 heteroatoms. The Kier molecular flexibility index (Phi) is 9.85. The molecule has 0 aliphatic rings. The summed E-state index contributed by atoms with van der Waals surface area (Å²) in [5.41, 5.74) is 5.63. The summed E-state index contributed by atoms with van der Waals surface area (Å²) >= 11 is 0. The Labute approximate surface area is 203 Å². The number of ether oxygens (including phenoxy) is 3. The number of anilines is 1. The van der Waals surface area contributed by atoms with Gasteiger partial charge in [0.15, 0.2) is 0 Å². The predicted molar refractivity (Wildman–Crippen MR) is 128 cm³/mol. The first-order valence-electron chi connectivity index (χ1n) is 10.3. The summed E-state index contributed by atoms with van der Waals surface area (Å²) in [7, 11) is -2.00. The lowest BCUT2D eigenvalue weighted by Crippen LogP contribution is -2.36. The maximum atomic E-state index is 13.2. The van der Waals surface area contributed by atoms with Crippen LogP contribution in [0.5, 0.6) is 11.5 Å². The molecule has 0 aromatic heterocycles. The summed E-state index contributed by atoms with van der Waals surface area (Å²) < 4.78 is 46.5. The quantitative estimate of drug-likeness (QED) is 0.248. The molecule has 2 aromatic rings. The molecule has 12 nitrogen and oxygen atoms in total. The molecular formula is C22H28N4O8S. The molecule has 2 aromatic carbocycles. The zero-order valence-electron chi connectivity index (χ0n) is 19.7. The van der Waals surface area contributed by atoms with Crippen molar-refractivity contribution in [1.29, 1.82) is 0 Å². The van der Waals surface area contributed by atoms with Crippen LogP contribution in [0.3, 0.4) is 0 Å². The number of hydrogen-bond acceptors (Lipinski definition) is 9. The third-order valence-electron chi connectivity index (χ3n) is 4.04. The molecule has 0 atom stereocenters. The molecule has 0 saturated carbocycles. The Morgan fingerprint density at radius 2 is 1.80 bits per heavy atom. The second-order valence-corrected chi connectivity index (χ2v) is 9.01. The van der Waals surface area contributed by atoms with Gasteiger partial charge in [-0.3, -0.25) is 10.1 Å². The molecule has 2 rings (SSSR count). The largest absolute Gasteiger partial charge is 0.493 e. The lowest BCUT2D eigenvalue weighted by atomic mass is 10.2. The number of nitrogens with one attached hydrogen (secondary N) is 2. The van der Waals surface area contributed by atoms with Crippen LogP contribution >= 0.6 is 0 Å². The van der Waals surface area contributed by atoms with E-state index < -0.39 is 27.0 Å². The van der Waals surface area contributed by atoms with Crippen LogP contribution in [0.25, 0.3) is 0 Å². The number of hydrogen-bond donors (Lipinski definition) is 3. The molecule has 0 fully saturated rings. The Morgan fingerprint density at radius 1 is 1.09 bits per heavy atom. The summed E-state index contributed by atoms with van der Waals surface area (Å²) in [5, 5.41) is 4.60. The van der Waals surface area contributed by atoms with Crippen LogP contribution in [0, 0.1) is 5.92 Å². The van der Waals surface area contributed by atoms with E-state index >= 15 is 0 Å². The van der Waals surface area contributed by atoms with E-state index in [2.05, 4.69) is 20.4 Å². The second-order valence-electron chi connectivity index (χ2n) is 7.49. The Bertz CT molecular complexity index is 1180. The molecule has 0 unspecified atom stereocenters. The monoisotopic (exact) mass is 508 g/mol. The van der Waals surface area contributed by atoms with E-state index in [-0.39, 0.29) is 35.6 Å². The Hall–Kier alpha value is -3.84. The van der Waals surface area contributed by atoms with Crippen molar-refractivity contribution in [2.45, 2.75) is 18.7 Å². The van der Waals surface area contributed by atoms with Gasteiger partial charge in [0.1, 0.15) is 23.0 Å². The summed E-state index contributed by atoms with van der Waals surface area (Å²) in [6, 6.07) is 9.95. The molecular weight excluding hydrogens is 480 g/mol. The number of carbonyl (C=O) groups excluding carboxylic acids is 2. The van der Waals surface area contributed by atoms with Crippen molar-refractivity contribution in [2.24, 2.45) is 16.6 Å². The number of alkyl carbamates (subject to hydrolysis) is 1. The van der Waals surface area contributed by atoms with Gasteiger partial charge in [-0.25, -0.2) is 9.79 Å². The summed E-state index contributed by atoms with van der Waals surface area (Å²) in [6.07, 6.45) is -0.856. The van der Waals surface area contributed by atoms with Crippen LogP contribution in [0.15, 0.2) is 52.4 Å². The third-order valence-corrected chi connectivity index (χ3v) is 5.33. The van der Waals surface area contributed by atoms with E-state index in [4.69, 9.17) is 19.4 Å². The van der Waals surface area contributed by atoms with E-state index in [9.17, 15) is 18.0 Å². The molecule has 0 spiro atoms. The first-order chi connectivity index (χ1) is 16.5. The molecule has 190 valence electrons. The SMILES string of the molecule is COCC(=O)Nc1ccc(N=C(N)NC(=O)OC)cc1S(=O)(=O)Oc1cccc(OCC(C)C)c1. The highest BCUT2D eigenvalue weighted by molar-refractivity contribution is 7.87. The van der Waals surface area contributed by atoms with Crippen molar-refractivity contribution in [2.75, 3.05) is 32.8 Å². The van der Waals surface area contributed by atoms with E-state index in [1.54, 1.807) is 12.1 Å². The first kappa shape index (κ1) is 27.4. The van der Waals surface area contributed by atoms with Crippen LogP contribution in [-0.2, 0) is 24.4 Å². The van der Waals surface area contributed by atoms with Gasteiger partial charge in [-0.1, -0.05) is 19.9 Å². The highest BCUT2D eigenvalue weighted by Gasteiger charge is 2.23. The highest BCUT2D eigenvalue weighted by Crippen LogP contribution is 2.30. The van der Waals surface area contributed by atoms with Gasteiger partial charge in [-0.15, -0.1) is 0 Å². The fraction of sp³-hybridized carbons (Fsp3) is 0.318. The Balaban J connectivity index is 2.42. The van der Waals surface area contributed by atoms with Crippen LogP contribution in [-0.4, -0.2) is 53.8 Å². The maximum absolute atomic E-state index is 13.2. The van der Waals surface area contributed by atoms with Crippen LogP contribution < -0.4 is 25.3 Å². The molecule has 0 aliphatic heterocycles. The third kappa shape index (κ3) is 8.79. The molecule has 0 bridgehead atoms. The number of carbonyl (C=O) groups is 2. The minimum absolute atomic E-state index is 0.00111. The Morgan fingerprint density at radius 3 is 2.46 bits per heavy atom. The van der Waals surface area contributed by atoms with Crippen molar-refractivity contribution in [3.05, 3.63) is 42.5 Å². The lowest BCUT2D eigenvalue weighted by molar-refractivity contribution is -0.119. The molecule has 0 heterocycles. The average Bonchev–Trinajstić information content (AvgIpc) is 2.78. The van der Waals surface area contributed by atoms with E-state index in [1.807, 2.05) is 13.8 Å². The fourth-order valence-corrected chi connectivity index (χ4v) is 3.68. The minimum Gasteiger partial charge on any atom is -0.493 e. The number of guanidine groups is 1. The summed E-state index contributed by atoms with van der Waals surface area (Å²) in [4.78, 5) is 26.9. The fourth-order valence-electron chi connectivity index (χ4n) is 2.58. The molecule has 0 aliphatic carbocycles. The van der Waals surface area contributed by atoms with Gasteiger partial charge in [0, 0.05) is 13.2 Å². The first-order valence-corrected chi connectivity index (χ1v) is 11.7. The van der Waals surface area contributed by atoms with Crippen LogP contribution in [0.1, 0.15) is 13.8 Å². The molecule has 4 N–H and O–H groups in total. The number of rotatable bonds is 10. The normalized spacial score (nSPS) is 11.6. The van der Waals surface area contributed by atoms with Gasteiger partial charge in [0.05, 0.1) is 25.1 Å². The van der Waals surface area contributed by atoms with Gasteiger partial charge < -0.3 is 29.4 Å². The second kappa shape index (κ2) is 12.6. The molecule has 2 amide bonds. The van der Waals surface area contributed by atoms with Crippen molar-refractivity contribution in [1.82, 2.24) is 5.32 Å². The summed E-state index contributed by atoms with van der Waals surface area (Å²) in [6.45, 7) is 4.10. The predicted octanol–water partition coefficient (Wildman–Crippen LogP) is 2.38. The van der Waals surface area contributed by atoms with E-state index in [0.717, 1.165) is 13.2 Å². The van der Waals surface area contributed by atoms with Crippen molar-refractivity contribution < 1.29 is 36.4 Å². The zero-order valence-corrected chi connectivity index (χ0v) is 20.5. The molecule has 35 heavy (non-hydrogen) atoms. The van der Waals surface area contributed by atoms with Gasteiger partial charge >= 0.3 is 16.2 Å². The smallest absolute Gasteiger partial charge is 0.413 e. The number of aliphatic imine (C=N–C) groups is 1. The number of nitrogens with zero attached hydrogens (tertiary/aromatic N) is 1. The van der Waals surface area contributed by atoms with Crippen molar-refractivity contribution in [3.63, 3.8) is 0 Å². The number of benzene rings is 2. The van der Waals surface area contributed by atoms with Gasteiger partial charge in [0.25, 0.3) is 0 Å². The van der Waals surface area contributed by atoms with Crippen molar-refractivity contribution in [3.8, 4) is 11.5 Å².